The molecule has 0 unspecified atom stereocenters. The third-order valence-electron chi connectivity index (χ3n) is 2.38. The van der Waals surface area contributed by atoms with Crippen LogP contribution in [0.3, 0.4) is 0 Å². The minimum atomic E-state index is -1.06. The van der Waals surface area contributed by atoms with Gasteiger partial charge >= 0.3 is 0 Å². The summed E-state index contributed by atoms with van der Waals surface area (Å²) in [7, 11) is 0. The predicted molar refractivity (Wildman–Crippen MR) is 55.5 cm³/mol. The van der Waals surface area contributed by atoms with Crippen LogP contribution in [-0.2, 0) is 0 Å². The molecule has 0 radical (unpaired) electrons. The first-order valence-electron chi connectivity index (χ1n) is 4.79. The van der Waals surface area contributed by atoms with Crippen molar-refractivity contribution in [3.05, 3.63) is 5.82 Å². The zero-order valence-corrected chi connectivity index (χ0v) is 8.90. The summed E-state index contributed by atoms with van der Waals surface area (Å²) < 4.78 is 0. The molecule has 8 nitrogen and oxygen atoms in total. The second-order valence-corrected chi connectivity index (χ2v) is 3.45. The lowest BCUT2D eigenvalue weighted by molar-refractivity contribution is 0.0645. The zero-order chi connectivity index (χ0) is 12.2. The van der Waals surface area contributed by atoms with Gasteiger partial charge in [0.05, 0.1) is 18.8 Å². The van der Waals surface area contributed by atoms with E-state index in [0.29, 0.717) is 6.42 Å². The number of hydrogen-bond donors (Lipinski definition) is 5. The Bertz CT molecular complexity index is 352. The van der Waals surface area contributed by atoms with Crippen LogP contribution in [0, 0.1) is 0 Å². The molecule has 0 spiro atoms. The Hall–Kier alpha value is -1.67. The van der Waals surface area contributed by atoms with Crippen molar-refractivity contribution in [2.24, 2.45) is 0 Å². The number of nitrogen functional groups attached to an aromatic ring is 1. The van der Waals surface area contributed by atoms with Gasteiger partial charge in [0, 0.05) is 0 Å². The van der Waals surface area contributed by atoms with Gasteiger partial charge in [-0.2, -0.15) is 4.98 Å². The predicted octanol–water partition coefficient (Wildman–Crippen LogP) is -1.75. The van der Waals surface area contributed by atoms with Crippen molar-refractivity contribution in [2.75, 3.05) is 18.9 Å². The van der Waals surface area contributed by atoms with Gasteiger partial charge < -0.3 is 21.3 Å². The number of aromatic nitrogens is 3. The maximum Gasteiger partial charge on any atom is 0.289 e. The van der Waals surface area contributed by atoms with Gasteiger partial charge in [-0.25, -0.2) is 0 Å². The number of carbonyl (C=O) groups excluding carboxylic acids is 1. The summed E-state index contributed by atoms with van der Waals surface area (Å²) in [5.74, 6) is -0.674. The summed E-state index contributed by atoms with van der Waals surface area (Å²) in [4.78, 5) is 15.3. The molecule has 1 heterocycles. The maximum atomic E-state index is 11.6. The Labute approximate surface area is 91.9 Å². The van der Waals surface area contributed by atoms with Crippen LogP contribution in [-0.4, -0.2) is 50.1 Å². The van der Waals surface area contributed by atoms with Crippen molar-refractivity contribution in [1.29, 1.82) is 0 Å². The molecule has 0 bridgehead atoms. The van der Waals surface area contributed by atoms with Crippen molar-refractivity contribution in [2.45, 2.75) is 18.9 Å². The Morgan fingerprint density at radius 1 is 1.56 bits per heavy atom. The number of amides is 1. The fraction of sp³-hybridized carbons (Fsp3) is 0.625. The molecule has 8 heteroatoms. The van der Waals surface area contributed by atoms with Crippen LogP contribution in [0.25, 0.3) is 0 Å². The molecular weight excluding hydrogens is 214 g/mol. The molecule has 1 aromatic heterocycles. The number of aromatic amines is 1. The number of nitrogens with zero attached hydrogens (tertiary/aromatic N) is 2. The van der Waals surface area contributed by atoms with E-state index in [4.69, 9.17) is 15.9 Å². The summed E-state index contributed by atoms with van der Waals surface area (Å²) in [5, 5.41) is 26.6. The molecule has 1 aromatic rings. The second-order valence-electron chi connectivity index (χ2n) is 3.45. The standard InChI is InChI=1S/C8H15N5O3/c1-2-8(3-14,4-15)11-6(16)5-10-7(9)13-12-5/h14-15H,2-4H2,1H3,(H,11,16)(H3,9,10,12,13). The SMILES string of the molecule is CCC(CO)(CO)NC(=O)c1nc(N)n[nH]1. The van der Waals surface area contributed by atoms with Gasteiger partial charge in [-0.15, -0.1) is 5.10 Å². The average molecular weight is 229 g/mol. The molecular formula is C8H15N5O3. The first kappa shape index (κ1) is 12.4. The Morgan fingerprint density at radius 2 is 2.19 bits per heavy atom. The molecule has 0 saturated heterocycles. The van der Waals surface area contributed by atoms with E-state index >= 15 is 0 Å². The molecule has 0 saturated carbocycles. The van der Waals surface area contributed by atoms with Crippen LogP contribution in [0.4, 0.5) is 5.95 Å². The van der Waals surface area contributed by atoms with Crippen LogP contribution in [0.15, 0.2) is 0 Å². The molecule has 0 fully saturated rings. The van der Waals surface area contributed by atoms with E-state index in [1.165, 1.54) is 0 Å². The largest absolute Gasteiger partial charge is 0.394 e. The summed E-state index contributed by atoms with van der Waals surface area (Å²) in [6.07, 6.45) is 0.384. The minimum Gasteiger partial charge on any atom is -0.394 e. The van der Waals surface area contributed by atoms with E-state index < -0.39 is 11.4 Å². The number of anilines is 1. The van der Waals surface area contributed by atoms with E-state index in [9.17, 15) is 4.79 Å². The highest BCUT2D eigenvalue weighted by molar-refractivity contribution is 5.91. The number of aliphatic hydroxyl groups excluding tert-OH is 2. The van der Waals surface area contributed by atoms with Crippen LogP contribution < -0.4 is 11.1 Å². The molecule has 0 atom stereocenters. The van der Waals surface area contributed by atoms with Crippen molar-refractivity contribution in [1.82, 2.24) is 20.5 Å². The van der Waals surface area contributed by atoms with Crippen LogP contribution in [0.1, 0.15) is 24.0 Å². The third-order valence-corrected chi connectivity index (χ3v) is 2.38. The van der Waals surface area contributed by atoms with E-state index in [-0.39, 0.29) is 25.0 Å². The van der Waals surface area contributed by atoms with Crippen LogP contribution in [0.5, 0.6) is 0 Å². The van der Waals surface area contributed by atoms with Gasteiger partial charge in [0.2, 0.25) is 11.8 Å². The number of hydrogen-bond acceptors (Lipinski definition) is 6. The van der Waals surface area contributed by atoms with Gasteiger partial charge in [-0.05, 0) is 6.42 Å². The smallest absolute Gasteiger partial charge is 0.289 e. The van der Waals surface area contributed by atoms with Crippen LogP contribution >= 0.6 is 0 Å². The van der Waals surface area contributed by atoms with E-state index in [2.05, 4.69) is 20.5 Å². The average Bonchev–Trinajstić information content (AvgIpc) is 2.73. The van der Waals surface area contributed by atoms with Gasteiger partial charge in [-0.1, -0.05) is 6.92 Å². The van der Waals surface area contributed by atoms with Crippen molar-refractivity contribution in [3.8, 4) is 0 Å². The summed E-state index contributed by atoms with van der Waals surface area (Å²) >= 11 is 0. The van der Waals surface area contributed by atoms with E-state index in [1.807, 2.05) is 0 Å². The normalized spacial score (nSPS) is 11.4. The lowest BCUT2D eigenvalue weighted by Gasteiger charge is -2.29. The van der Waals surface area contributed by atoms with E-state index in [0.717, 1.165) is 0 Å². The number of nitrogens with one attached hydrogen (secondary N) is 2. The molecule has 6 N–H and O–H groups in total. The molecule has 0 aromatic carbocycles. The van der Waals surface area contributed by atoms with Gasteiger partial charge in [-0.3, -0.25) is 9.89 Å². The van der Waals surface area contributed by atoms with Gasteiger partial charge in [0.15, 0.2) is 0 Å². The van der Waals surface area contributed by atoms with Gasteiger partial charge in [0.1, 0.15) is 0 Å². The first-order valence-corrected chi connectivity index (χ1v) is 4.79. The number of rotatable bonds is 5. The number of H-pyrrole nitrogens is 1. The highest BCUT2D eigenvalue weighted by Crippen LogP contribution is 2.09. The number of aliphatic hydroxyl groups is 2. The molecule has 0 aliphatic heterocycles. The lowest BCUT2D eigenvalue weighted by atomic mass is 9.98. The topological polar surface area (TPSA) is 137 Å². The van der Waals surface area contributed by atoms with Crippen molar-refractivity contribution < 1.29 is 15.0 Å². The molecule has 1 amide bonds. The lowest BCUT2D eigenvalue weighted by Crippen LogP contribution is -2.54. The number of carbonyl (C=O) groups is 1. The van der Waals surface area contributed by atoms with Crippen molar-refractivity contribution in [3.63, 3.8) is 0 Å². The van der Waals surface area contributed by atoms with Crippen LogP contribution in [0.2, 0.25) is 0 Å². The maximum absolute atomic E-state index is 11.6. The number of nitrogens with two attached hydrogens (primary N) is 1. The van der Waals surface area contributed by atoms with Crippen molar-refractivity contribution >= 4 is 11.9 Å². The summed E-state index contributed by atoms with van der Waals surface area (Å²) in [5.41, 5.74) is 4.19. The molecule has 0 aliphatic rings. The molecule has 1 rings (SSSR count). The quantitative estimate of drug-likeness (QED) is 0.406. The summed E-state index contributed by atoms with van der Waals surface area (Å²) in [6, 6.07) is 0. The Balaban J connectivity index is 2.76. The van der Waals surface area contributed by atoms with Gasteiger partial charge in [0.25, 0.3) is 5.91 Å². The molecule has 16 heavy (non-hydrogen) atoms. The zero-order valence-electron chi connectivity index (χ0n) is 8.90. The first-order chi connectivity index (χ1) is 7.56. The minimum absolute atomic E-state index is 0.0414. The monoisotopic (exact) mass is 229 g/mol. The summed E-state index contributed by atoms with van der Waals surface area (Å²) in [6.45, 7) is 1.01. The van der Waals surface area contributed by atoms with E-state index in [1.54, 1.807) is 6.92 Å². The third kappa shape index (κ3) is 2.47. The second kappa shape index (κ2) is 4.90. The molecule has 0 aliphatic carbocycles. The molecule has 90 valence electrons. The highest BCUT2D eigenvalue weighted by atomic mass is 16.3. The fourth-order valence-corrected chi connectivity index (χ4v) is 1.12. The highest BCUT2D eigenvalue weighted by Gasteiger charge is 2.29. The Morgan fingerprint density at radius 3 is 2.56 bits per heavy atom. The Kier molecular flexibility index (Phi) is 3.80. The fourth-order valence-electron chi connectivity index (χ4n) is 1.12.